The van der Waals surface area contributed by atoms with Crippen LogP contribution in [0.3, 0.4) is 0 Å². The number of rotatable bonds is 4. The van der Waals surface area contributed by atoms with Gasteiger partial charge >= 0.3 is 6.03 Å². The second kappa shape index (κ2) is 6.25. The second-order valence-corrected chi connectivity index (χ2v) is 6.00. The summed E-state index contributed by atoms with van der Waals surface area (Å²) in [5.74, 6) is -0.160. The van der Waals surface area contributed by atoms with Gasteiger partial charge in [-0.1, -0.05) is 18.2 Å². The zero-order valence-electron chi connectivity index (χ0n) is 12.8. The van der Waals surface area contributed by atoms with Crippen LogP contribution < -0.4 is 16.2 Å². The lowest BCUT2D eigenvalue weighted by molar-refractivity contribution is -0.124. The molecule has 0 spiro atoms. The van der Waals surface area contributed by atoms with Gasteiger partial charge in [0.15, 0.2) is 0 Å². The molecule has 1 atom stereocenters. The van der Waals surface area contributed by atoms with E-state index in [2.05, 4.69) is 16.2 Å². The van der Waals surface area contributed by atoms with Crippen molar-refractivity contribution in [3.8, 4) is 0 Å². The van der Waals surface area contributed by atoms with Crippen LogP contribution in [0.4, 0.5) is 10.5 Å². The van der Waals surface area contributed by atoms with E-state index in [1.807, 2.05) is 31.2 Å². The van der Waals surface area contributed by atoms with Gasteiger partial charge in [-0.15, -0.1) is 0 Å². The number of hydrogen-bond donors (Lipinski definition) is 3. The summed E-state index contributed by atoms with van der Waals surface area (Å²) in [6, 6.07) is 7.53. The maximum atomic E-state index is 12.4. The largest absolute Gasteiger partial charge is 0.335 e. The van der Waals surface area contributed by atoms with Gasteiger partial charge in [0, 0.05) is 12.6 Å². The van der Waals surface area contributed by atoms with Crippen LogP contribution in [0.15, 0.2) is 24.3 Å². The molecule has 2 fully saturated rings. The Labute approximate surface area is 130 Å². The lowest BCUT2D eigenvalue weighted by atomic mass is 10.2. The average Bonchev–Trinajstić information content (AvgIpc) is 3.18. The summed E-state index contributed by atoms with van der Waals surface area (Å²) in [4.78, 5) is 26.2. The highest BCUT2D eigenvalue weighted by atomic mass is 16.2. The monoisotopic (exact) mass is 302 g/mol. The lowest BCUT2D eigenvalue weighted by Crippen LogP contribution is -2.51. The number of para-hydroxylation sites is 1. The van der Waals surface area contributed by atoms with Crippen molar-refractivity contribution in [3.05, 3.63) is 29.8 Å². The molecule has 1 aliphatic carbocycles. The van der Waals surface area contributed by atoms with Gasteiger partial charge in [0.2, 0.25) is 0 Å². The number of urea groups is 1. The first-order chi connectivity index (χ1) is 10.6. The van der Waals surface area contributed by atoms with Crippen molar-refractivity contribution in [3.63, 3.8) is 0 Å². The summed E-state index contributed by atoms with van der Waals surface area (Å²) in [7, 11) is 0. The maximum absolute atomic E-state index is 12.4. The van der Waals surface area contributed by atoms with Crippen molar-refractivity contribution < 1.29 is 9.59 Å². The molecular weight excluding hydrogens is 280 g/mol. The molecule has 0 bridgehead atoms. The Morgan fingerprint density at radius 3 is 2.68 bits per heavy atom. The van der Waals surface area contributed by atoms with Crippen LogP contribution >= 0.6 is 0 Å². The molecule has 0 aromatic heterocycles. The van der Waals surface area contributed by atoms with Crippen LogP contribution in [-0.2, 0) is 4.79 Å². The van der Waals surface area contributed by atoms with Crippen molar-refractivity contribution in [2.45, 2.75) is 44.7 Å². The van der Waals surface area contributed by atoms with E-state index >= 15 is 0 Å². The minimum atomic E-state index is -0.393. The summed E-state index contributed by atoms with van der Waals surface area (Å²) >= 11 is 0. The summed E-state index contributed by atoms with van der Waals surface area (Å²) in [5.41, 5.74) is 7.59. The van der Waals surface area contributed by atoms with E-state index < -0.39 is 6.04 Å². The standard InChI is InChI=1S/C16H22N4O2/c1-11-5-2-3-6-13(11)18-19-15(21)14-7-4-10-20(14)16(22)17-12-8-9-12/h2-3,5-6,12,14,18H,4,7-10H2,1H3,(H,17,22)(H,19,21). The lowest BCUT2D eigenvalue weighted by Gasteiger charge is -2.24. The number of hydrazine groups is 1. The molecule has 22 heavy (non-hydrogen) atoms. The molecule has 3 N–H and O–H groups in total. The van der Waals surface area contributed by atoms with E-state index in [1.54, 1.807) is 4.90 Å². The highest BCUT2D eigenvalue weighted by Crippen LogP contribution is 2.22. The van der Waals surface area contributed by atoms with Crippen LogP contribution in [-0.4, -0.2) is 35.5 Å². The molecule has 1 aromatic rings. The highest BCUT2D eigenvalue weighted by molar-refractivity contribution is 5.88. The number of nitrogens with zero attached hydrogens (tertiary/aromatic N) is 1. The first-order valence-electron chi connectivity index (χ1n) is 7.84. The Balaban J connectivity index is 1.56. The molecule has 2 aliphatic rings. The van der Waals surface area contributed by atoms with Crippen molar-refractivity contribution in [2.24, 2.45) is 0 Å². The van der Waals surface area contributed by atoms with Gasteiger partial charge in [-0.3, -0.25) is 15.6 Å². The molecule has 1 aromatic carbocycles. The predicted octanol–water partition coefficient (Wildman–Crippen LogP) is 1.77. The van der Waals surface area contributed by atoms with Crippen molar-refractivity contribution in [2.75, 3.05) is 12.0 Å². The van der Waals surface area contributed by atoms with Crippen LogP contribution in [0.25, 0.3) is 0 Å². The number of likely N-dealkylation sites (tertiary alicyclic amines) is 1. The highest BCUT2D eigenvalue weighted by Gasteiger charge is 2.36. The number of carbonyl (C=O) groups is 2. The minimum absolute atomic E-state index is 0.115. The summed E-state index contributed by atoms with van der Waals surface area (Å²) in [6.07, 6.45) is 3.66. The third-order valence-electron chi connectivity index (χ3n) is 4.19. The molecule has 118 valence electrons. The molecule has 0 radical (unpaired) electrons. The fraction of sp³-hybridized carbons (Fsp3) is 0.500. The van der Waals surface area contributed by atoms with Gasteiger partial charge in [0.05, 0.1) is 5.69 Å². The van der Waals surface area contributed by atoms with E-state index in [0.717, 1.165) is 30.5 Å². The Bertz CT molecular complexity index is 571. The Morgan fingerprint density at radius 2 is 1.95 bits per heavy atom. The predicted molar refractivity (Wildman–Crippen MR) is 84.2 cm³/mol. The number of benzene rings is 1. The molecule has 6 nitrogen and oxygen atoms in total. The van der Waals surface area contributed by atoms with E-state index in [9.17, 15) is 9.59 Å². The minimum Gasteiger partial charge on any atom is -0.335 e. The zero-order valence-corrected chi connectivity index (χ0v) is 12.8. The Morgan fingerprint density at radius 1 is 1.18 bits per heavy atom. The van der Waals surface area contributed by atoms with E-state index in [0.29, 0.717) is 19.0 Å². The van der Waals surface area contributed by atoms with Gasteiger partial charge in [-0.25, -0.2) is 4.79 Å². The molecule has 6 heteroatoms. The number of amides is 3. The fourth-order valence-electron chi connectivity index (χ4n) is 2.69. The number of aryl methyl sites for hydroxylation is 1. The summed E-state index contributed by atoms with van der Waals surface area (Å²) in [5, 5.41) is 2.95. The third kappa shape index (κ3) is 3.32. The van der Waals surface area contributed by atoms with Gasteiger partial charge in [-0.05, 0) is 44.2 Å². The molecule has 1 heterocycles. The first kappa shape index (κ1) is 14.7. The quantitative estimate of drug-likeness (QED) is 0.742. The van der Waals surface area contributed by atoms with E-state index in [1.165, 1.54) is 0 Å². The van der Waals surface area contributed by atoms with Crippen LogP contribution in [0, 0.1) is 6.92 Å². The van der Waals surface area contributed by atoms with Crippen molar-refractivity contribution in [1.82, 2.24) is 15.6 Å². The Kier molecular flexibility index (Phi) is 4.18. The summed E-state index contributed by atoms with van der Waals surface area (Å²) < 4.78 is 0. The van der Waals surface area contributed by atoms with E-state index in [4.69, 9.17) is 0 Å². The molecule has 1 aliphatic heterocycles. The summed E-state index contributed by atoms with van der Waals surface area (Å²) in [6.45, 7) is 2.61. The maximum Gasteiger partial charge on any atom is 0.318 e. The molecule has 1 saturated heterocycles. The second-order valence-electron chi connectivity index (χ2n) is 6.00. The van der Waals surface area contributed by atoms with Crippen molar-refractivity contribution >= 4 is 17.6 Å². The molecule has 1 saturated carbocycles. The zero-order chi connectivity index (χ0) is 15.5. The molecular formula is C16H22N4O2. The van der Waals surface area contributed by atoms with Crippen LogP contribution in [0.2, 0.25) is 0 Å². The normalized spacial score (nSPS) is 20.6. The van der Waals surface area contributed by atoms with Crippen molar-refractivity contribution in [1.29, 1.82) is 0 Å². The first-order valence-corrected chi connectivity index (χ1v) is 7.84. The fourth-order valence-corrected chi connectivity index (χ4v) is 2.69. The van der Waals surface area contributed by atoms with Crippen LogP contribution in [0.5, 0.6) is 0 Å². The number of anilines is 1. The number of nitrogens with one attached hydrogen (secondary N) is 3. The molecule has 3 amide bonds. The van der Waals surface area contributed by atoms with Crippen LogP contribution in [0.1, 0.15) is 31.2 Å². The SMILES string of the molecule is Cc1ccccc1NNC(=O)C1CCCN1C(=O)NC1CC1. The number of carbonyl (C=O) groups excluding carboxylic acids is 2. The van der Waals surface area contributed by atoms with Gasteiger partial charge in [0.1, 0.15) is 6.04 Å². The van der Waals surface area contributed by atoms with Gasteiger partial charge in [0.25, 0.3) is 5.91 Å². The van der Waals surface area contributed by atoms with E-state index in [-0.39, 0.29) is 11.9 Å². The smallest absolute Gasteiger partial charge is 0.318 e. The average molecular weight is 302 g/mol. The Hall–Kier alpha value is -2.24. The van der Waals surface area contributed by atoms with Gasteiger partial charge < -0.3 is 10.2 Å². The molecule has 3 rings (SSSR count). The third-order valence-corrected chi connectivity index (χ3v) is 4.19. The van der Waals surface area contributed by atoms with Gasteiger partial charge in [-0.2, -0.15) is 0 Å². The molecule has 1 unspecified atom stereocenters. The topological polar surface area (TPSA) is 73.5 Å². The number of hydrogen-bond acceptors (Lipinski definition) is 3.